The van der Waals surface area contributed by atoms with Gasteiger partial charge < -0.3 is 10.0 Å². The van der Waals surface area contributed by atoms with E-state index in [4.69, 9.17) is 5.11 Å². The van der Waals surface area contributed by atoms with Crippen LogP contribution in [0.25, 0.3) is 0 Å². The number of amides is 1. The molecule has 1 amide bonds. The third-order valence-corrected chi connectivity index (χ3v) is 4.59. The van der Waals surface area contributed by atoms with Gasteiger partial charge in [0.15, 0.2) is 0 Å². The summed E-state index contributed by atoms with van der Waals surface area (Å²) in [4.78, 5) is 13.7. The molecule has 2 heterocycles. The van der Waals surface area contributed by atoms with E-state index in [0.717, 1.165) is 10.2 Å². The lowest BCUT2D eigenvalue weighted by Gasteiger charge is -2.18. The minimum atomic E-state index is -0.809. The molecule has 1 N–H and O–H groups in total. The Kier molecular flexibility index (Phi) is 3.02. The summed E-state index contributed by atoms with van der Waals surface area (Å²) in [6.45, 7) is 3.30. The lowest BCUT2D eigenvalue weighted by atomic mass is 10.1. The van der Waals surface area contributed by atoms with Crippen LogP contribution in [0.4, 0.5) is 4.79 Å². The monoisotopic (exact) mass is 289 g/mol. The number of rotatable bonds is 0. The van der Waals surface area contributed by atoms with Crippen LogP contribution in [0, 0.1) is 0 Å². The third kappa shape index (κ3) is 2.18. The van der Waals surface area contributed by atoms with Gasteiger partial charge in [-0.1, -0.05) is 6.92 Å². The second-order valence-corrected chi connectivity index (χ2v) is 6.28. The third-order valence-electron chi connectivity index (χ3n) is 2.68. The van der Waals surface area contributed by atoms with Gasteiger partial charge in [-0.25, -0.2) is 4.79 Å². The second-order valence-electron chi connectivity index (χ2n) is 3.82. The number of carbonyl (C=O) groups is 1. The number of hydrogen-bond acceptors (Lipinski definition) is 2. The largest absolute Gasteiger partial charge is 0.465 e. The van der Waals surface area contributed by atoms with Gasteiger partial charge in [-0.05, 0) is 34.0 Å². The predicted octanol–water partition coefficient (Wildman–Crippen LogP) is 3.15. The van der Waals surface area contributed by atoms with Gasteiger partial charge in [0.05, 0.1) is 3.79 Å². The molecule has 0 bridgehead atoms. The highest BCUT2D eigenvalue weighted by molar-refractivity contribution is 9.11. The molecular formula is C10H12BrNO2S. The van der Waals surface area contributed by atoms with E-state index >= 15 is 0 Å². The van der Waals surface area contributed by atoms with E-state index in [0.29, 0.717) is 19.0 Å². The fourth-order valence-corrected chi connectivity index (χ4v) is 3.73. The van der Waals surface area contributed by atoms with Crippen LogP contribution in [0.1, 0.15) is 23.3 Å². The van der Waals surface area contributed by atoms with E-state index in [-0.39, 0.29) is 0 Å². The Balaban J connectivity index is 2.26. The fraction of sp³-hybridized carbons (Fsp3) is 0.500. The van der Waals surface area contributed by atoms with Crippen molar-refractivity contribution in [3.63, 3.8) is 0 Å². The molecule has 0 radical (unpaired) electrons. The zero-order valence-electron chi connectivity index (χ0n) is 8.36. The molecule has 1 aliphatic heterocycles. The van der Waals surface area contributed by atoms with Crippen molar-refractivity contribution in [3.05, 3.63) is 20.3 Å². The van der Waals surface area contributed by atoms with Crippen LogP contribution in [0.5, 0.6) is 0 Å². The van der Waals surface area contributed by atoms with Crippen LogP contribution in [-0.2, 0) is 6.42 Å². The first-order valence-electron chi connectivity index (χ1n) is 4.84. The van der Waals surface area contributed by atoms with Crippen molar-refractivity contribution in [2.24, 2.45) is 0 Å². The van der Waals surface area contributed by atoms with E-state index in [1.807, 2.05) is 0 Å². The van der Waals surface area contributed by atoms with E-state index in [2.05, 4.69) is 28.9 Å². The van der Waals surface area contributed by atoms with Crippen molar-refractivity contribution in [3.8, 4) is 0 Å². The van der Waals surface area contributed by atoms with Gasteiger partial charge in [0, 0.05) is 23.9 Å². The normalized spacial score (nSPS) is 20.9. The van der Waals surface area contributed by atoms with Crippen molar-refractivity contribution < 1.29 is 9.90 Å². The standard InChI is InChI=1S/C10H12BrNO2S/c1-6-5-12(10(13)14)3-2-7-4-8(11)15-9(6)7/h4,6H,2-3,5H2,1H3,(H,13,14). The van der Waals surface area contributed by atoms with E-state index in [1.54, 1.807) is 11.3 Å². The van der Waals surface area contributed by atoms with E-state index in [1.165, 1.54) is 15.3 Å². The summed E-state index contributed by atoms with van der Waals surface area (Å²) < 4.78 is 1.14. The van der Waals surface area contributed by atoms with Crippen LogP contribution in [-0.4, -0.2) is 29.2 Å². The quantitative estimate of drug-likeness (QED) is 0.797. The minimum Gasteiger partial charge on any atom is -0.465 e. The Morgan fingerprint density at radius 3 is 3.13 bits per heavy atom. The lowest BCUT2D eigenvalue weighted by molar-refractivity contribution is 0.145. The number of halogens is 1. The van der Waals surface area contributed by atoms with Gasteiger partial charge >= 0.3 is 6.09 Å². The fourth-order valence-electron chi connectivity index (χ4n) is 1.95. The molecular weight excluding hydrogens is 278 g/mol. The number of carboxylic acid groups (broad SMARTS) is 1. The van der Waals surface area contributed by atoms with E-state index < -0.39 is 6.09 Å². The predicted molar refractivity (Wildman–Crippen MR) is 63.7 cm³/mol. The lowest BCUT2D eigenvalue weighted by Crippen LogP contribution is -2.32. The second kappa shape index (κ2) is 4.14. The molecule has 82 valence electrons. The van der Waals surface area contributed by atoms with Crippen molar-refractivity contribution in [1.29, 1.82) is 0 Å². The van der Waals surface area contributed by atoms with Crippen molar-refractivity contribution in [2.75, 3.05) is 13.1 Å². The molecule has 1 aliphatic rings. The Labute approximate surface area is 101 Å². The first-order valence-corrected chi connectivity index (χ1v) is 6.45. The Morgan fingerprint density at radius 1 is 1.73 bits per heavy atom. The Morgan fingerprint density at radius 2 is 2.47 bits per heavy atom. The summed E-state index contributed by atoms with van der Waals surface area (Å²) in [7, 11) is 0. The highest BCUT2D eigenvalue weighted by Gasteiger charge is 2.24. The molecule has 2 rings (SSSR count). The number of thiophene rings is 1. The first-order chi connectivity index (χ1) is 7.08. The molecule has 0 aliphatic carbocycles. The molecule has 0 saturated heterocycles. The highest BCUT2D eigenvalue weighted by atomic mass is 79.9. The van der Waals surface area contributed by atoms with Crippen LogP contribution in [0.2, 0.25) is 0 Å². The number of fused-ring (bicyclic) bond motifs is 1. The molecule has 3 nitrogen and oxygen atoms in total. The number of hydrogen-bond donors (Lipinski definition) is 1. The minimum absolute atomic E-state index is 0.301. The summed E-state index contributed by atoms with van der Waals surface area (Å²) in [5.74, 6) is 0.301. The zero-order valence-corrected chi connectivity index (χ0v) is 10.8. The van der Waals surface area contributed by atoms with Crippen molar-refractivity contribution in [1.82, 2.24) is 4.90 Å². The molecule has 1 aromatic rings. The van der Waals surface area contributed by atoms with Crippen LogP contribution in [0.3, 0.4) is 0 Å². The van der Waals surface area contributed by atoms with Gasteiger partial charge in [-0.2, -0.15) is 0 Å². The molecule has 1 atom stereocenters. The van der Waals surface area contributed by atoms with Gasteiger partial charge in [0.25, 0.3) is 0 Å². The summed E-state index contributed by atoms with van der Waals surface area (Å²) >= 11 is 5.20. The Bertz CT molecular complexity index is 391. The molecule has 0 aromatic carbocycles. The van der Waals surface area contributed by atoms with Gasteiger partial charge in [0.2, 0.25) is 0 Å². The molecule has 1 aromatic heterocycles. The maximum atomic E-state index is 10.9. The van der Waals surface area contributed by atoms with Crippen molar-refractivity contribution in [2.45, 2.75) is 19.3 Å². The SMILES string of the molecule is CC1CN(C(=O)O)CCc2cc(Br)sc21. The van der Waals surface area contributed by atoms with Crippen LogP contribution < -0.4 is 0 Å². The molecule has 0 fully saturated rings. The number of nitrogens with zero attached hydrogens (tertiary/aromatic N) is 1. The topological polar surface area (TPSA) is 40.5 Å². The van der Waals surface area contributed by atoms with E-state index in [9.17, 15) is 4.79 Å². The highest BCUT2D eigenvalue weighted by Crippen LogP contribution is 2.35. The van der Waals surface area contributed by atoms with Gasteiger partial charge in [-0.15, -0.1) is 11.3 Å². The average Bonchev–Trinajstić information content (AvgIpc) is 2.46. The Hall–Kier alpha value is -0.550. The average molecular weight is 290 g/mol. The maximum Gasteiger partial charge on any atom is 0.407 e. The molecule has 0 spiro atoms. The summed E-state index contributed by atoms with van der Waals surface area (Å²) in [5.41, 5.74) is 1.29. The summed E-state index contributed by atoms with van der Waals surface area (Å²) in [6.07, 6.45) is 0.0183. The van der Waals surface area contributed by atoms with Crippen LogP contribution >= 0.6 is 27.3 Å². The van der Waals surface area contributed by atoms with Crippen LogP contribution in [0.15, 0.2) is 9.85 Å². The zero-order chi connectivity index (χ0) is 11.0. The first kappa shape index (κ1) is 11.0. The molecule has 15 heavy (non-hydrogen) atoms. The van der Waals surface area contributed by atoms with Gasteiger partial charge in [-0.3, -0.25) is 0 Å². The molecule has 1 unspecified atom stereocenters. The molecule has 0 saturated carbocycles. The van der Waals surface area contributed by atoms with Gasteiger partial charge in [0.1, 0.15) is 0 Å². The smallest absolute Gasteiger partial charge is 0.407 e. The summed E-state index contributed by atoms with van der Waals surface area (Å²) in [5, 5.41) is 8.97. The summed E-state index contributed by atoms with van der Waals surface area (Å²) in [6, 6.07) is 2.11. The maximum absolute atomic E-state index is 10.9. The van der Waals surface area contributed by atoms with Crippen molar-refractivity contribution >= 4 is 33.4 Å². The molecule has 5 heteroatoms.